The lowest BCUT2D eigenvalue weighted by Gasteiger charge is -2.24. The van der Waals surface area contributed by atoms with E-state index in [9.17, 15) is 14.7 Å². The molecule has 4 N–H and O–H groups in total. The lowest BCUT2D eigenvalue weighted by Crippen LogP contribution is -2.44. The molecule has 1 aliphatic heterocycles. The lowest BCUT2D eigenvalue weighted by molar-refractivity contribution is -0.122. The van der Waals surface area contributed by atoms with Crippen LogP contribution in [0.1, 0.15) is 41.0 Å². The van der Waals surface area contributed by atoms with Gasteiger partial charge in [0.15, 0.2) is 0 Å². The molecule has 1 fully saturated rings. The fourth-order valence-corrected chi connectivity index (χ4v) is 2.51. The quantitative estimate of drug-likeness (QED) is 0.689. The van der Waals surface area contributed by atoms with Crippen LogP contribution in [0.4, 0.5) is 4.79 Å². The van der Waals surface area contributed by atoms with E-state index < -0.39 is 23.8 Å². The third-order valence-electron chi connectivity index (χ3n) is 3.66. The van der Waals surface area contributed by atoms with Crippen LogP contribution in [0, 0.1) is 11.8 Å². The van der Waals surface area contributed by atoms with Crippen molar-refractivity contribution in [2.75, 3.05) is 19.6 Å². The highest BCUT2D eigenvalue weighted by molar-refractivity contribution is 5.81. The number of aliphatic hydroxyl groups is 1. The first-order chi connectivity index (χ1) is 10.5. The van der Waals surface area contributed by atoms with Crippen LogP contribution in [-0.2, 0) is 9.53 Å². The maximum Gasteiger partial charge on any atom is 0.410 e. The molecule has 1 heterocycles. The summed E-state index contributed by atoms with van der Waals surface area (Å²) in [6.07, 6.45) is -0.505. The van der Waals surface area contributed by atoms with Gasteiger partial charge in [0.1, 0.15) is 5.60 Å². The van der Waals surface area contributed by atoms with Crippen LogP contribution < -0.4 is 11.1 Å². The monoisotopic (exact) mass is 329 g/mol. The highest BCUT2D eigenvalue weighted by Crippen LogP contribution is 2.19. The van der Waals surface area contributed by atoms with Gasteiger partial charge in [-0.15, -0.1) is 0 Å². The van der Waals surface area contributed by atoms with Crippen LogP contribution >= 0.6 is 0 Å². The molecule has 0 aromatic carbocycles. The van der Waals surface area contributed by atoms with Gasteiger partial charge in [0, 0.05) is 19.0 Å². The summed E-state index contributed by atoms with van der Waals surface area (Å²) in [6, 6.07) is -0.546. The summed E-state index contributed by atoms with van der Waals surface area (Å²) in [5.41, 5.74) is 5.25. The van der Waals surface area contributed by atoms with Crippen LogP contribution in [0.5, 0.6) is 0 Å². The van der Waals surface area contributed by atoms with E-state index in [2.05, 4.69) is 5.32 Å². The normalized spacial score (nSPS) is 23.0. The molecule has 1 rings (SSSR count). The van der Waals surface area contributed by atoms with Crippen molar-refractivity contribution in [2.45, 2.75) is 58.8 Å². The summed E-state index contributed by atoms with van der Waals surface area (Å²) < 4.78 is 5.29. The lowest BCUT2D eigenvalue weighted by atomic mass is 10.0. The summed E-state index contributed by atoms with van der Waals surface area (Å²) in [4.78, 5) is 25.4. The Morgan fingerprint density at radius 1 is 1.35 bits per heavy atom. The van der Waals surface area contributed by atoms with Crippen molar-refractivity contribution in [3.05, 3.63) is 0 Å². The summed E-state index contributed by atoms with van der Waals surface area (Å²) >= 11 is 0. The number of nitrogens with one attached hydrogen (secondary N) is 1. The average molecular weight is 329 g/mol. The molecular weight excluding hydrogens is 298 g/mol. The summed E-state index contributed by atoms with van der Waals surface area (Å²) in [7, 11) is 0. The van der Waals surface area contributed by atoms with Gasteiger partial charge in [-0.05, 0) is 33.1 Å². The molecule has 0 aromatic heterocycles. The molecule has 23 heavy (non-hydrogen) atoms. The van der Waals surface area contributed by atoms with Crippen molar-refractivity contribution in [1.82, 2.24) is 10.2 Å². The number of β-amino-alcohol motifs (C(OH)–C–C–N with tert-alkyl or cyclic N) is 1. The van der Waals surface area contributed by atoms with Gasteiger partial charge in [-0.3, -0.25) is 4.79 Å². The molecule has 2 amide bonds. The van der Waals surface area contributed by atoms with Crippen LogP contribution in [-0.4, -0.2) is 59.4 Å². The van der Waals surface area contributed by atoms with E-state index in [0.717, 1.165) is 0 Å². The zero-order valence-corrected chi connectivity index (χ0v) is 14.8. The number of amides is 2. The molecular formula is C16H31N3O4. The number of nitrogens with two attached hydrogens (primary N) is 1. The first-order valence-corrected chi connectivity index (χ1v) is 8.19. The van der Waals surface area contributed by atoms with Gasteiger partial charge in [-0.2, -0.15) is 0 Å². The first-order valence-electron chi connectivity index (χ1n) is 8.19. The maximum absolute atomic E-state index is 12.0. The van der Waals surface area contributed by atoms with Crippen molar-refractivity contribution in [3.8, 4) is 0 Å². The molecule has 7 nitrogen and oxygen atoms in total. The molecule has 0 bridgehead atoms. The van der Waals surface area contributed by atoms with E-state index in [1.807, 2.05) is 13.8 Å². The van der Waals surface area contributed by atoms with Crippen LogP contribution in [0.2, 0.25) is 0 Å². The standard InChI is InChI=1S/C16H31N3O4/c1-10(2)6-12(17)14(21)18-7-11-8-19(9-13(11)20)15(22)23-16(3,4)5/h10-13,20H,6-9,17H2,1-5H3,(H,18,21)/t11-,12-,13+/m0/s1. The predicted molar refractivity (Wildman–Crippen MR) is 87.7 cm³/mol. The predicted octanol–water partition coefficient (Wildman–Crippen LogP) is 0.704. The minimum atomic E-state index is -0.677. The molecule has 1 saturated heterocycles. The van der Waals surface area contributed by atoms with Crippen molar-refractivity contribution in [2.24, 2.45) is 17.6 Å². The summed E-state index contributed by atoms with van der Waals surface area (Å²) in [5.74, 6) is -0.0881. The zero-order valence-electron chi connectivity index (χ0n) is 14.8. The Kier molecular flexibility index (Phi) is 6.83. The van der Waals surface area contributed by atoms with Gasteiger partial charge >= 0.3 is 6.09 Å². The third kappa shape index (κ3) is 6.74. The number of carbonyl (C=O) groups excluding carboxylic acids is 2. The fourth-order valence-electron chi connectivity index (χ4n) is 2.51. The fraction of sp³-hybridized carbons (Fsp3) is 0.875. The summed E-state index contributed by atoms with van der Waals surface area (Å²) in [5, 5.41) is 12.8. The topological polar surface area (TPSA) is 105 Å². The molecule has 134 valence electrons. The smallest absolute Gasteiger partial charge is 0.410 e. The van der Waals surface area contributed by atoms with E-state index in [0.29, 0.717) is 25.4 Å². The summed E-state index contributed by atoms with van der Waals surface area (Å²) in [6.45, 7) is 10.3. The molecule has 0 radical (unpaired) electrons. The number of rotatable bonds is 5. The van der Waals surface area contributed by atoms with Gasteiger partial charge in [0.25, 0.3) is 0 Å². The molecule has 1 aliphatic rings. The van der Waals surface area contributed by atoms with Gasteiger partial charge in [-0.25, -0.2) is 4.79 Å². The van der Waals surface area contributed by atoms with E-state index >= 15 is 0 Å². The van der Waals surface area contributed by atoms with Gasteiger partial charge in [-0.1, -0.05) is 13.8 Å². The zero-order chi connectivity index (χ0) is 17.8. The SMILES string of the molecule is CC(C)C[C@H](N)C(=O)NC[C@H]1CN(C(=O)OC(C)(C)C)C[C@H]1O. The molecule has 0 spiro atoms. The number of aliphatic hydroxyl groups excluding tert-OH is 1. The van der Waals surface area contributed by atoms with Crippen molar-refractivity contribution < 1.29 is 19.4 Å². The number of likely N-dealkylation sites (tertiary alicyclic amines) is 1. The number of ether oxygens (including phenoxy) is 1. The van der Waals surface area contributed by atoms with Crippen molar-refractivity contribution in [3.63, 3.8) is 0 Å². The Morgan fingerprint density at radius 2 is 1.96 bits per heavy atom. The Balaban J connectivity index is 2.44. The first kappa shape index (κ1) is 19.7. The molecule has 7 heteroatoms. The van der Waals surface area contributed by atoms with Crippen LogP contribution in [0.25, 0.3) is 0 Å². The van der Waals surface area contributed by atoms with E-state index in [1.54, 1.807) is 20.8 Å². The van der Waals surface area contributed by atoms with Crippen molar-refractivity contribution in [1.29, 1.82) is 0 Å². The molecule has 0 aromatic rings. The van der Waals surface area contributed by atoms with Gasteiger partial charge < -0.3 is 25.8 Å². The van der Waals surface area contributed by atoms with E-state index in [4.69, 9.17) is 10.5 Å². The number of carbonyl (C=O) groups is 2. The average Bonchev–Trinajstić information content (AvgIpc) is 2.74. The van der Waals surface area contributed by atoms with E-state index in [-0.39, 0.29) is 18.4 Å². The number of hydrogen-bond donors (Lipinski definition) is 3. The Labute approximate surface area is 138 Å². The van der Waals surface area contributed by atoms with Crippen molar-refractivity contribution >= 4 is 12.0 Å². The minimum absolute atomic E-state index is 0.210. The Hall–Kier alpha value is -1.34. The largest absolute Gasteiger partial charge is 0.444 e. The molecule has 0 aliphatic carbocycles. The Morgan fingerprint density at radius 3 is 2.48 bits per heavy atom. The molecule has 0 unspecified atom stereocenters. The number of nitrogens with zero attached hydrogens (tertiary/aromatic N) is 1. The third-order valence-corrected chi connectivity index (χ3v) is 3.66. The Bertz CT molecular complexity index is 420. The second kappa shape index (κ2) is 7.97. The minimum Gasteiger partial charge on any atom is -0.444 e. The molecule has 3 atom stereocenters. The van der Waals surface area contributed by atoms with Gasteiger partial charge in [0.2, 0.25) is 5.91 Å². The second-order valence-electron chi connectivity index (χ2n) is 7.69. The second-order valence-corrected chi connectivity index (χ2v) is 7.69. The highest BCUT2D eigenvalue weighted by atomic mass is 16.6. The van der Waals surface area contributed by atoms with Crippen LogP contribution in [0.15, 0.2) is 0 Å². The maximum atomic E-state index is 12.0. The highest BCUT2D eigenvalue weighted by Gasteiger charge is 2.36. The number of hydrogen-bond acceptors (Lipinski definition) is 5. The molecule has 0 saturated carbocycles. The van der Waals surface area contributed by atoms with Crippen LogP contribution in [0.3, 0.4) is 0 Å². The van der Waals surface area contributed by atoms with Gasteiger partial charge in [0.05, 0.1) is 18.7 Å². The van der Waals surface area contributed by atoms with E-state index in [1.165, 1.54) is 4.90 Å².